The highest BCUT2D eigenvalue weighted by Gasteiger charge is 2.20. The van der Waals surface area contributed by atoms with Crippen LogP contribution in [-0.4, -0.2) is 12.2 Å². The van der Waals surface area contributed by atoms with Gasteiger partial charge in [-0.1, -0.05) is 62.2 Å². The summed E-state index contributed by atoms with van der Waals surface area (Å²) in [4.78, 5) is 0. The van der Waals surface area contributed by atoms with Gasteiger partial charge in [0, 0.05) is 0 Å². The summed E-state index contributed by atoms with van der Waals surface area (Å²) in [6.07, 6.45) is 13.8. The second kappa shape index (κ2) is 8.16. The Bertz CT molecular complexity index is 369. The molecule has 0 spiro atoms. The lowest BCUT2D eigenvalue weighted by Gasteiger charge is -2.28. The van der Waals surface area contributed by atoms with Gasteiger partial charge in [-0.2, -0.15) is 0 Å². The third kappa shape index (κ3) is 5.20. The smallest absolute Gasteiger partial charge is 0.0759 e. The molecule has 0 bridgehead atoms. The molecule has 1 aliphatic heterocycles. The van der Waals surface area contributed by atoms with Crippen molar-refractivity contribution in [2.24, 2.45) is 0 Å². The summed E-state index contributed by atoms with van der Waals surface area (Å²) in [5.41, 5.74) is 1.39. The zero-order valence-corrected chi connectivity index (χ0v) is 12.1. The normalized spacial score (nSPS) is 23.8. The van der Waals surface area contributed by atoms with Crippen LogP contribution in [0.25, 0.3) is 0 Å². The molecule has 1 saturated heterocycles. The first kappa shape index (κ1) is 14.3. The Balaban J connectivity index is 1.78. The highest BCUT2D eigenvalue weighted by Crippen LogP contribution is 2.23. The molecule has 19 heavy (non-hydrogen) atoms. The SMILES string of the molecule is CCCC/C=C/C1CCCC(Cc2ccccc2)O1. The molecule has 1 fully saturated rings. The predicted octanol–water partition coefficient (Wildman–Crippen LogP) is 4.91. The maximum Gasteiger partial charge on any atom is 0.0759 e. The van der Waals surface area contributed by atoms with E-state index in [0.717, 1.165) is 6.42 Å². The minimum Gasteiger partial charge on any atom is -0.371 e. The van der Waals surface area contributed by atoms with E-state index in [9.17, 15) is 0 Å². The fourth-order valence-electron chi connectivity index (χ4n) is 2.67. The van der Waals surface area contributed by atoms with Crippen molar-refractivity contribution in [3.8, 4) is 0 Å². The van der Waals surface area contributed by atoms with E-state index in [2.05, 4.69) is 49.4 Å². The van der Waals surface area contributed by atoms with Gasteiger partial charge in [-0.15, -0.1) is 0 Å². The van der Waals surface area contributed by atoms with Crippen LogP contribution in [0.15, 0.2) is 42.5 Å². The van der Waals surface area contributed by atoms with Crippen LogP contribution in [0.2, 0.25) is 0 Å². The molecule has 0 N–H and O–H groups in total. The minimum absolute atomic E-state index is 0.347. The Hall–Kier alpha value is -1.08. The molecule has 2 atom stereocenters. The molecule has 1 aromatic carbocycles. The predicted molar refractivity (Wildman–Crippen MR) is 81.3 cm³/mol. The average molecular weight is 258 g/mol. The van der Waals surface area contributed by atoms with Gasteiger partial charge in [0.05, 0.1) is 12.2 Å². The van der Waals surface area contributed by atoms with Gasteiger partial charge in [-0.05, 0) is 37.7 Å². The first-order valence-electron chi connectivity index (χ1n) is 7.74. The molecule has 104 valence electrons. The largest absolute Gasteiger partial charge is 0.371 e. The van der Waals surface area contributed by atoms with E-state index in [1.165, 1.54) is 44.1 Å². The van der Waals surface area contributed by atoms with Gasteiger partial charge in [-0.3, -0.25) is 0 Å². The van der Waals surface area contributed by atoms with E-state index in [0.29, 0.717) is 12.2 Å². The Morgan fingerprint density at radius 2 is 2.05 bits per heavy atom. The quantitative estimate of drug-likeness (QED) is 0.520. The fraction of sp³-hybridized carbons (Fsp3) is 0.556. The molecule has 1 heteroatoms. The summed E-state index contributed by atoms with van der Waals surface area (Å²) in [5.74, 6) is 0. The van der Waals surface area contributed by atoms with Crippen molar-refractivity contribution in [1.29, 1.82) is 0 Å². The van der Waals surface area contributed by atoms with Gasteiger partial charge in [0.15, 0.2) is 0 Å². The van der Waals surface area contributed by atoms with Crippen LogP contribution in [-0.2, 0) is 11.2 Å². The molecule has 0 aromatic heterocycles. The highest BCUT2D eigenvalue weighted by molar-refractivity contribution is 5.15. The monoisotopic (exact) mass is 258 g/mol. The zero-order valence-electron chi connectivity index (χ0n) is 12.1. The van der Waals surface area contributed by atoms with Crippen LogP contribution >= 0.6 is 0 Å². The third-order valence-electron chi connectivity index (χ3n) is 3.76. The Labute approximate surface area is 117 Å². The summed E-state index contributed by atoms with van der Waals surface area (Å²) in [5, 5.41) is 0. The Kier molecular flexibility index (Phi) is 6.16. The molecule has 0 amide bonds. The third-order valence-corrected chi connectivity index (χ3v) is 3.76. The molecule has 0 aliphatic carbocycles. The van der Waals surface area contributed by atoms with Crippen molar-refractivity contribution >= 4 is 0 Å². The number of allylic oxidation sites excluding steroid dienone is 1. The van der Waals surface area contributed by atoms with Gasteiger partial charge in [0.1, 0.15) is 0 Å². The van der Waals surface area contributed by atoms with Crippen LogP contribution in [0, 0.1) is 0 Å². The molecule has 2 unspecified atom stereocenters. The first-order chi connectivity index (χ1) is 9.38. The van der Waals surface area contributed by atoms with E-state index in [4.69, 9.17) is 4.74 Å². The van der Waals surface area contributed by atoms with Gasteiger partial charge < -0.3 is 4.74 Å². The Morgan fingerprint density at radius 1 is 1.21 bits per heavy atom. The zero-order chi connectivity index (χ0) is 13.3. The first-order valence-corrected chi connectivity index (χ1v) is 7.74. The van der Waals surface area contributed by atoms with Crippen LogP contribution in [0.3, 0.4) is 0 Å². The van der Waals surface area contributed by atoms with Crippen molar-refractivity contribution in [2.45, 2.75) is 64.1 Å². The van der Waals surface area contributed by atoms with E-state index >= 15 is 0 Å². The lowest BCUT2D eigenvalue weighted by Crippen LogP contribution is -2.27. The molecule has 1 nitrogen and oxygen atoms in total. The summed E-state index contributed by atoms with van der Waals surface area (Å²) < 4.78 is 6.18. The van der Waals surface area contributed by atoms with Crippen molar-refractivity contribution < 1.29 is 4.74 Å². The van der Waals surface area contributed by atoms with Crippen LogP contribution < -0.4 is 0 Å². The van der Waals surface area contributed by atoms with Gasteiger partial charge in [-0.25, -0.2) is 0 Å². The molecule has 1 aromatic rings. The molecule has 1 heterocycles. The number of hydrogen-bond donors (Lipinski definition) is 0. The number of benzene rings is 1. The number of hydrogen-bond acceptors (Lipinski definition) is 1. The van der Waals surface area contributed by atoms with Crippen LogP contribution in [0.1, 0.15) is 51.0 Å². The summed E-state index contributed by atoms with van der Waals surface area (Å²) in [7, 11) is 0. The molecular formula is C18H26O. The van der Waals surface area contributed by atoms with Crippen molar-refractivity contribution in [2.75, 3.05) is 0 Å². The molecule has 1 aliphatic rings. The lowest BCUT2D eigenvalue weighted by molar-refractivity contribution is -0.0242. The van der Waals surface area contributed by atoms with Gasteiger partial charge >= 0.3 is 0 Å². The van der Waals surface area contributed by atoms with Gasteiger partial charge in [0.2, 0.25) is 0 Å². The average Bonchev–Trinajstić information content (AvgIpc) is 2.45. The standard InChI is InChI=1S/C18H26O/c1-2-3-4-8-12-17-13-9-14-18(19-17)15-16-10-6-5-7-11-16/h5-8,10-12,17-18H,2-4,9,13-15H2,1H3/b12-8+. The fourth-order valence-corrected chi connectivity index (χ4v) is 2.67. The maximum absolute atomic E-state index is 6.18. The van der Waals surface area contributed by atoms with Crippen LogP contribution in [0.4, 0.5) is 0 Å². The van der Waals surface area contributed by atoms with Crippen molar-refractivity contribution in [3.05, 3.63) is 48.0 Å². The van der Waals surface area contributed by atoms with Crippen molar-refractivity contribution in [1.82, 2.24) is 0 Å². The second-order valence-corrected chi connectivity index (χ2v) is 5.49. The Morgan fingerprint density at radius 3 is 2.84 bits per heavy atom. The summed E-state index contributed by atoms with van der Waals surface area (Å²) in [6.45, 7) is 2.24. The van der Waals surface area contributed by atoms with Crippen molar-refractivity contribution in [3.63, 3.8) is 0 Å². The number of rotatable bonds is 6. The highest BCUT2D eigenvalue weighted by atomic mass is 16.5. The minimum atomic E-state index is 0.347. The molecule has 2 rings (SSSR count). The molecule has 0 radical (unpaired) electrons. The second-order valence-electron chi connectivity index (χ2n) is 5.49. The summed E-state index contributed by atoms with van der Waals surface area (Å²) >= 11 is 0. The van der Waals surface area contributed by atoms with E-state index < -0.39 is 0 Å². The lowest BCUT2D eigenvalue weighted by atomic mass is 9.98. The summed E-state index contributed by atoms with van der Waals surface area (Å²) in [6, 6.07) is 10.7. The van der Waals surface area contributed by atoms with E-state index in [1.54, 1.807) is 0 Å². The maximum atomic E-state index is 6.18. The topological polar surface area (TPSA) is 9.23 Å². The van der Waals surface area contributed by atoms with Gasteiger partial charge in [0.25, 0.3) is 0 Å². The van der Waals surface area contributed by atoms with E-state index in [1.807, 2.05) is 0 Å². The van der Waals surface area contributed by atoms with E-state index in [-0.39, 0.29) is 0 Å². The number of ether oxygens (including phenoxy) is 1. The van der Waals surface area contributed by atoms with Crippen LogP contribution in [0.5, 0.6) is 0 Å². The molecular weight excluding hydrogens is 232 g/mol. The number of unbranched alkanes of at least 4 members (excludes halogenated alkanes) is 2. The molecule has 0 saturated carbocycles.